The van der Waals surface area contributed by atoms with Crippen molar-refractivity contribution in [1.82, 2.24) is 10.2 Å². The van der Waals surface area contributed by atoms with Gasteiger partial charge >= 0.3 is 0 Å². The zero-order valence-electron chi connectivity index (χ0n) is 14.1. The van der Waals surface area contributed by atoms with E-state index in [1.165, 1.54) is 64.2 Å². The number of amides is 1. The van der Waals surface area contributed by atoms with Crippen LogP contribution in [0.15, 0.2) is 0 Å². The van der Waals surface area contributed by atoms with Gasteiger partial charge in [0.05, 0.1) is 0 Å². The minimum absolute atomic E-state index is 0.405. The van der Waals surface area contributed by atoms with Crippen LogP contribution >= 0.6 is 0 Å². The molecule has 21 heavy (non-hydrogen) atoms. The lowest BCUT2D eigenvalue weighted by molar-refractivity contribution is -0.137. The molecule has 1 N–H and O–H groups in total. The van der Waals surface area contributed by atoms with E-state index in [0.717, 1.165) is 6.54 Å². The molecular weight excluding hydrogens is 260 g/mol. The molecule has 0 aromatic heterocycles. The van der Waals surface area contributed by atoms with Crippen LogP contribution in [0.25, 0.3) is 0 Å². The lowest BCUT2D eigenvalue weighted by Crippen LogP contribution is -2.49. The molecule has 0 saturated heterocycles. The standard InChI is InChI=1S/C18H34N2O/c1-15(2)19-14-13-18(21)20(16-9-5-3-6-10-16)17-11-7-4-8-12-17/h15-17,19H,3-14H2,1-2H3. The van der Waals surface area contributed by atoms with Crippen LogP contribution in [0.4, 0.5) is 0 Å². The highest BCUT2D eigenvalue weighted by Gasteiger charge is 2.31. The van der Waals surface area contributed by atoms with Crippen LogP contribution in [-0.4, -0.2) is 35.5 Å². The van der Waals surface area contributed by atoms with Gasteiger partial charge in [-0.05, 0) is 25.7 Å². The summed E-state index contributed by atoms with van der Waals surface area (Å²) in [5.74, 6) is 0.405. The SMILES string of the molecule is CC(C)NCCC(=O)N(C1CCCCC1)C1CCCCC1. The zero-order chi connectivity index (χ0) is 15.1. The Kier molecular flexibility index (Phi) is 7.01. The van der Waals surface area contributed by atoms with E-state index in [2.05, 4.69) is 24.1 Å². The third kappa shape index (κ3) is 5.28. The van der Waals surface area contributed by atoms with Crippen LogP contribution < -0.4 is 5.32 Å². The zero-order valence-corrected chi connectivity index (χ0v) is 14.1. The number of hydrogen-bond acceptors (Lipinski definition) is 2. The Morgan fingerprint density at radius 1 is 0.952 bits per heavy atom. The molecular formula is C18H34N2O. The van der Waals surface area contributed by atoms with Gasteiger partial charge in [0.2, 0.25) is 5.91 Å². The van der Waals surface area contributed by atoms with E-state index >= 15 is 0 Å². The van der Waals surface area contributed by atoms with Gasteiger partial charge in [0.25, 0.3) is 0 Å². The molecule has 0 radical (unpaired) electrons. The van der Waals surface area contributed by atoms with E-state index in [1.54, 1.807) is 0 Å². The smallest absolute Gasteiger partial charge is 0.224 e. The Hall–Kier alpha value is -0.570. The Morgan fingerprint density at radius 3 is 1.86 bits per heavy atom. The Balaban J connectivity index is 1.94. The predicted octanol–water partition coefficient (Wildman–Crippen LogP) is 3.87. The quantitative estimate of drug-likeness (QED) is 0.806. The van der Waals surface area contributed by atoms with Crippen molar-refractivity contribution in [2.24, 2.45) is 0 Å². The molecule has 3 nitrogen and oxygen atoms in total. The molecule has 122 valence electrons. The average molecular weight is 294 g/mol. The van der Waals surface area contributed by atoms with Crippen molar-refractivity contribution in [3.05, 3.63) is 0 Å². The molecule has 0 atom stereocenters. The molecule has 0 bridgehead atoms. The van der Waals surface area contributed by atoms with Crippen LogP contribution in [0, 0.1) is 0 Å². The van der Waals surface area contributed by atoms with E-state index in [9.17, 15) is 4.79 Å². The summed E-state index contributed by atoms with van der Waals surface area (Å²) in [5, 5.41) is 3.39. The van der Waals surface area contributed by atoms with Crippen molar-refractivity contribution in [1.29, 1.82) is 0 Å². The van der Waals surface area contributed by atoms with Gasteiger partial charge in [-0.1, -0.05) is 52.4 Å². The third-order valence-electron chi connectivity index (χ3n) is 5.12. The second-order valence-corrected chi connectivity index (χ2v) is 7.24. The minimum atomic E-state index is 0.405. The summed E-state index contributed by atoms with van der Waals surface area (Å²) in [7, 11) is 0. The van der Waals surface area contributed by atoms with E-state index in [4.69, 9.17) is 0 Å². The summed E-state index contributed by atoms with van der Waals surface area (Å²) in [6.45, 7) is 5.11. The average Bonchev–Trinajstić information content (AvgIpc) is 2.49. The molecule has 2 aliphatic carbocycles. The highest BCUT2D eigenvalue weighted by atomic mass is 16.2. The summed E-state index contributed by atoms with van der Waals surface area (Å²) < 4.78 is 0. The van der Waals surface area contributed by atoms with Gasteiger partial charge in [0, 0.05) is 31.1 Å². The van der Waals surface area contributed by atoms with Crippen LogP contribution in [0.5, 0.6) is 0 Å². The van der Waals surface area contributed by atoms with E-state index in [0.29, 0.717) is 30.5 Å². The number of carbonyl (C=O) groups is 1. The Labute approximate surface area is 130 Å². The normalized spacial score (nSPS) is 21.7. The predicted molar refractivity (Wildman–Crippen MR) is 88.3 cm³/mol. The van der Waals surface area contributed by atoms with Crippen LogP contribution in [-0.2, 0) is 4.79 Å². The number of hydrogen-bond donors (Lipinski definition) is 1. The lowest BCUT2D eigenvalue weighted by Gasteiger charge is -2.42. The largest absolute Gasteiger partial charge is 0.337 e. The molecule has 2 saturated carbocycles. The van der Waals surface area contributed by atoms with Crippen molar-refractivity contribution in [3.8, 4) is 0 Å². The van der Waals surface area contributed by atoms with Gasteiger partial charge in [-0.25, -0.2) is 0 Å². The molecule has 3 heteroatoms. The number of nitrogens with one attached hydrogen (secondary N) is 1. The minimum Gasteiger partial charge on any atom is -0.337 e. The van der Waals surface area contributed by atoms with Gasteiger partial charge in [-0.3, -0.25) is 4.79 Å². The summed E-state index contributed by atoms with van der Waals surface area (Å²) in [5.41, 5.74) is 0. The first-order valence-corrected chi connectivity index (χ1v) is 9.23. The number of rotatable bonds is 6. The van der Waals surface area contributed by atoms with Crippen molar-refractivity contribution in [3.63, 3.8) is 0 Å². The second-order valence-electron chi connectivity index (χ2n) is 7.24. The maximum absolute atomic E-state index is 12.8. The fourth-order valence-corrected chi connectivity index (χ4v) is 4.02. The topological polar surface area (TPSA) is 32.3 Å². The number of nitrogens with zero attached hydrogens (tertiary/aromatic N) is 1. The molecule has 0 heterocycles. The molecule has 2 rings (SSSR count). The van der Waals surface area contributed by atoms with Gasteiger partial charge < -0.3 is 10.2 Å². The first kappa shape index (κ1) is 16.8. The molecule has 0 aliphatic heterocycles. The molecule has 0 spiro atoms. The highest BCUT2D eigenvalue weighted by molar-refractivity contribution is 5.77. The summed E-state index contributed by atoms with van der Waals surface area (Å²) in [6.07, 6.45) is 13.6. The molecule has 0 aromatic rings. The van der Waals surface area contributed by atoms with Crippen LogP contribution in [0.1, 0.15) is 84.5 Å². The maximum atomic E-state index is 12.8. The first-order valence-electron chi connectivity index (χ1n) is 9.23. The fourth-order valence-electron chi connectivity index (χ4n) is 4.02. The van der Waals surface area contributed by atoms with Gasteiger partial charge in [0.15, 0.2) is 0 Å². The Bertz CT molecular complexity index is 286. The van der Waals surface area contributed by atoms with E-state index < -0.39 is 0 Å². The molecule has 2 fully saturated rings. The van der Waals surface area contributed by atoms with Crippen molar-refractivity contribution >= 4 is 5.91 Å². The van der Waals surface area contributed by atoms with Crippen LogP contribution in [0.2, 0.25) is 0 Å². The maximum Gasteiger partial charge on any atom is 0.224 e. The molecule has 0 aromatic carbocycles. The van der Waals surface area contributed by atoms with Crippen molar-refractivity contribution in [2.75, 3.05) is 6.54 Å². The summed E-state index contributed by atoms with van der Waals surface area (Å²) >= 11 is 0. The highest BCUT2D eigenvalue weighted by Crippen LogP contribution is 2.30. The Morgan fingerprint density at radius 2 is 1.43 bits per heavy atom. The van der Waals surface area contributed by atoms with Gasteiger partial charge in [-0.15, -0.1) is 0 Å². The lowest BCUT2D eigenvalue weighted by atomic mass is 9.88. The van der Waals surface area contributed by atoms with Crippen molar-refractivity contribution < 1.29 is 4.79 Å². The molecule has 2 aliphatic rings. The van der Waals surface area contributed by atoms with E-state index in [-0.39, 0.29) is 0 Å². The summed E-state index contributed by atoms with van der Waals surface area (Å²) in [6, 6.07) is 1.54. The first-order chi connectivity index (χ1) is 10.2. The van der Waals surface area contributed by atoms with Gasteiger partial charge in [-0.2, -0.15) is 0 Å². The molecule has 0 unspecified atom stereocenters. The van der Waals surface area contributed by atoms with Crippen LogP contribution in [0.3, 0.4) is 0 Å². The monoisotopic (exact) mass is 294 g/mol. The van der Waals surface area contributed by atoms with Crippen molar-refractivity contribution in [2.45, 2.75) is 103 Å². The van der Waals surface area contributed by atoms with Gasteiger partial charge in [0.1, 0.15) is 0 Å². The molecule has 1 amide bonds. The third-order valence-corrected chi connectivity index (χ3v) is 5.12. The number of carbonyl (C=O) groups excluding carboxylic acids is 1. The second kappa shape index (κ2) is 8.77. The fraction of sp³-hybridized carbons (Fsp3) is 0.944. The summed E-state index contributed by atoms with van der Waals surface area (Å²) in [4.78, 5) is 15.1. The van der Waals surface area contributed by atoms with E-state index in [1.807, 2.05) is 0 Å².